The van der Waals surface area contributed by atoms with Gasteiger partial charge in [0.25, 0.3) is 0 Å². The second-order valence-electron chi connectivity index (χ2n) is 4.18. The number of imidazole rings is 1. The molecule has 1 aromatic carbocycles. The summed E-state index contributed by atoms with van der Waals surface area (Å²) in [7, 11) is 0. The molecule has 0 fully saturated rings. The van der Waals surface area contributed by atoms with Crippen molar-refractivity contribution >= 4 is 33.6 Å². The van der Waals surface area contributed by atoms with Crippen molar-refractivity contribution in [3.8, 4) is 6.07 Å². The summed E-state index contributed by atoms with van der Waals surface area (Å²) in [5, 5.41) is 8.92. The molecule has 0 N–H and O–H groups in total. The molecule has 1 unspecified atom stereocenters. The zero-order chi connectivity index (χ0) is 12.5. The van der Waals surface area contributed by atoms with E-state index in [-0.39, 0.29) is 0 Å². The van der Waals surface area contributed by atoms with Crippen molar-refractivity contribution in [3.63, 3.8) is 0 Å². The molecule has 3 nitrogen and oxygen atoms in total. The summed E-state index contributed by atoms with van der Waals surface area (Å²) in [4.78, 5) is 4.54. The number of fused-ring (bicyclic) bond motifs is 1. The lowest BCUT2D eigenvalue weighted by Crippen LogP contribution is -2.08. The third kappa shape index (κ3) is 1.85. The number of nitrogens with zero attached hydrogens (tertiary/aromatic N) is 3. The summed E-state index contributed by atoms with van der Waals surface area (Å²) in [6.45, 7) is 0. The number of halogens is 1. The van der Waals surface area contributed by atoms with Crippen molar-refractivity contribution < 1.29 is 0 Å². The zero-order valence-electron chi connectivity index (χ0n) is 9.55. The lowest BCUT2D eigenvalue weighted by atomic mass is 10.1. The predicted octanol–water partition coefficient (Wildman–Crippen LogP) is 3.57. The van der Waals surface area contributed by atoms with E-state index in [9.17, 15) is 0 Å². The molecule has 2 aromatic rings. The minimum absolute atomic E-state index is 0.319. The predicted molar refractivity (Wildman–Crippen MR) is 79.1 cm³/mol. The van der Waals surface area contributed by atoms with Gasteiger partial charge in [-0.05, 0) is 47.2 Å². The van der Waals surface area contributed by atoms with Crippen molar-refractivity contribution in [2.24, 2.45) is 0 Å². The Labute approximate surface area is 119 Å². The van der Waals surface area contributed by atoms with Crippen molar-refractivity contribution in [3.05, 3.63) is 51.9 Å². The lowest BCUT2D eigenvalue weighted by Gasteiger charge is -2.17. The third-order valence-corrected chi connectivity index (χ3v) is 3.83. The normalized spacial score (nSPS) is 18.1. The van der Waals surface area contributed by atoms with Crippen LogP contribution >= 0.6 is 22.6 Å². The van der Waals surface area contributed by atoms with Crippen LogP contribution < -0.4 is 0 Å². The van der Waals surface area contributed by atoms with Crippen LogP contribution in [0, 0.1) is 15.2 Å². The van der Waals surface area contributed by atoms with Gasteiger partial charge in [-0.1, -0.05) is 24.3 Å². The molecule has 1 aromatic heterocycles. The van der Waals surface area contributed by atoms with E-state index in [4.69, 9.17) is 5.26 Å². The molecular weight excluding hydrogens is 337 g/mol. The van der Waals surface area contributed by atoms with Gasteiger partial charge in [0.1, 0.15) is 0 Å². The van der Waals surface area contributed by atoms with Gasteiger partial charge in [-0.25, -0.2) is 4.98 Å². The number of allylic oxidation sites excluding steroid dienone is 4. The van der Waals surface area contributed by atoms with Gasteiger partial charge in [-0.15, -0.1) is 0 Å². The molecule has 3 rings (SSSR count). The average Bonchev–Trinajstić information content (AvgIpc) is 2.74. The van der Waals surface area contributed by atoms with Crippen molar-refractivity contribution in [2.45, 2.75) is 12.5 Å². The highest BCUT2D eigenvalue weighted by Gasteiger charge is 2.16. The number of benzene rings is 1. The van der Waals surface area contributed by atoms with Gasteiger partial charge in [0.15, 0.2) is 3.83 Å². The highest BCUT2D eigenvalue weighted by atomic mass is 127. The number of rotatable bonds is 1. The highest BCUT2D eigenvalue weighted by Crippen LogP contribution is 2.27. The van der Waals surface area contributed by atoms with Crippen molar-refractivity contribution in [1.82, 2.24) is 9.55 Å². The van der Waals surface area contributed by atoms with E-state index >= 15 is 0 Å². The van der Waals surface area contributed by atoms with E-state index in [1.165, 1.54) is 0 Å². The van der Waals surface area contributed by atoms with Gasteiger partial charge in [-0.3, -0.25) is 0 Å². The summed E-state index contributed by atoms with van der Waals surface area (Å²) in [5.41, 5.74) is 2.63. The smallest absolute Gasteiger partial charge is 0.172 e. The van der Waals surface area contributed by atoms with E-state index in [2.05, 4.69) is 62.5 Å². The van der Waals surface area contributed by atoms with Gasteiger partial charge < -0.3 is 4.57 Å². The maximum absolute atomic E-state index is 8.92. The van der Waals surface area contributed by atoms with Gasteiger partial charge in [-0.2, -0.15) is 5.26 Å². The van der Waals surface area contributed by atoms with E-state index in [1.807, 2.05) is 18.2 Å². The minimum Gasteiger partial charge on any atom is -0.312 e. The average molecular weight is 347 g/mol. The molecule has 0 bridgehead atoms. The van der Waals surface area contributed by atoms with Gasteiger partial charge in [0, 0.05) is 0 Å². The Morgan fingerprint density at radius 3 is 3.00 bits per heavy atom. The number of nitriles is 1. The molecule has 0 aliphatic heterocycles. The first-order valence-corrected chi connectivity index (χ1v) is 6.78. The molecule has 0 saturated carbocycles. The number of aromatic nitrogens is 2. The Balaban J connectivity index is 2.17. The Bertz CT molecular complexity index is 704. The van der Waals surface area contributed by atoms with E-state index in [1.54, 1.807) is 0 Å². The van der Waals surface area contributed by atoms with Crippen molar-refractivity contribution in [1.29, 1.82) is 5.26 Å². The van der Waals surface area contributed by atoms with Crippen molar-refractivity contribution in [2.75, 3.05) is 0 Å². The third-order valence-electron chi connectivity index (χ3n) is 3.07. The summed E-state index contributed by atoms with van der Waals surface area (Å²) < 4.78 is 3.18. The van der Waals surface area contributed by atoms with Crippen LogP contribution in [0.25, 0.3) is 11.0 Å². The van der Waals surface area contributed by atoms with Crippen LogP contribution in [0.1, 0.15) is 18.0 Å². The SMILES string of the molecule is N#Cc1ccc2c(c1)nc(I)n2C1C=CC=CC1. The van der Waals surface area contributed by atoms with Crippen LogP contribution in [0.3, 0.4) is 0 Å². The zero-order valence-corrected chi connectivity index (χ0v) is 11.7. The fraction of sp³-hybridized carbons (Fsp3) is 0.143. The Kier molecular flexibility index (Phi) is 2.92. The molecule has 0 spiro atoms. The molecule has 1 atom stereocenters. The second kappa shape index (κ2) is 4.58. The molecule has 1 aliphatic rings. The minimum atomic E-state index is 0.319. The first kappa shape index (κ1) is 11.5. The van der Waals surface area contributed by atoms with Crippen LogP contribution in [0.2, 0.25) is 0 Å². The number of hydrogen-bond donors (Lipinski definition) is 0. The Morgan fingerprint density at radius 2 is 2.28 bits per heavy atom. The fourth-order valence-corrected chi connectivity index (χ4v) is 3.09. The van der Waals surface area contributed by atoms with Crippen LogP contribution in [0.4, 0.5) is 0 Å². The molecule has 88 valence electrons. The Hall–Kier alpha value is -1.61. The van der Waals surface area contributed by atoms with E-state index in [0.717, 1.165) is 21.3 Å². The van der Waals surface area contributed by atoms with Crippen LogP contribution in [-0.2, 0) is 0 Å². The fourth-order valence-electron chi connectivity index (χ4n) is 2.21. The largest absolute Gasteiger partial charge is 0.312 e. The van der Waals surface area contributed by atoms with Gasteiger partial charge in [0.05, 0.1) is 28.7 Å². The summed E-state index contributed by atoms with van der Waals surface area (Å²) in [5.74, 6) is 0. The molecule has 18 heavy (non-hydrogen) atoms. The molecule has 1 aliphatic carbocycles. The first-order chi connectivity index (χ1) is 8.79. The first-order valence-electron chi connectivity index (χ1n) is 5.70. The molecule has 0 amide bonds. The van der Waals surface area contributed by atoms with Crippen LogP contribution in [0.15, 0.2) is 42.5 Å². The monoisotopic (exact) mass is 347 g/mol. The second-order valence-corrected chi connectivity index (χ2v) is 5.15. The lowest BCUT2D eigenvalue weighted by molar-refractivity contribution is 0.610. The topological polar surface area (TPSA) is 41.6 Å². The molecule has 0 saturated heterocycles. The molecule has 1 heterocycles. The van der Waals surface area contributed by atoms with E-state index < -0.39 is 0 Å². The van der Waals surface area contributed by atoms with Crippen LogP contribution in [0.5, 0.6) is 0 Å². The molecule has 0 radical (unpaired) electrons. The molecule has 4 heteroatoms. The standard InChI is InChI=1S/C14H10IN3/c15-14-17-12-8-10(9-16)6-7-13(12)18(14)11-4-2-1-3-5-11/h1-4,6-8,11H,5H2. The summed E-state index contributed by atoms with van der Waals surface area (Å²) in [6.07, 6.45) is 9.46. The maximum Gasteiger partial charge on any atom is 0.172 e. The highest BCUT2D eigenvalue weighted by molar-refractivity contribution is 14.1. The van der Waals surface area contributed by atoms with Gasteiger partial charge >= 0.3 is 0 Å². The van der Waals surface area contributed by atoms with E-state index in [0.29, 0.717) is 11.6 Å². The number of hydrogen-bond acceptors (Lipinski definition) is 2. The van der Waals surface area contributed by atoms with Crippen LogP contribution in [-0.4, -0.2) is 9.55 Å². The maximum atomic E-state index is 8.92. The summed E-state index contributed by atoms with van der Waals surface area (Å²) >= 11 is 2.25. The quantitative estimate of drug-likeness (QED) is 0.740. The summed E-state index contributed by atoms with van der Waals surface area (Å²) in [6, 6.07) is 8.14. The molecular formula is C14H10IN3. The van der Waals surface area contributed by atoms with Gasteiger partial charge in [0.2, 0.25) is 0 Å². The Morgan fingerprint density at radius 1 is 1.39 bits per heavy atom.